The van der Waals surface area contributed by atoms with E-state index in [-0.39, 0.29) is 23.6 Å². The molecule has 150 valence electrons. The lowest BCUT2D eigenvalue weighted by molar-refractivity contribution is -0.136. The summed E-state index contributed by atoms with van der Waals surface area (Å²) in [6.07, 6.45) is 1.45. The van der Waals surface area contributed by atoms with Crippen LogP contribution in [0.5, 0.6) is 0 Å². The number of nitrogens with zero attached hydrogens (tertiary/aromatic N) is 1. The van der Waals surface area contributed by atoms with Crippen LogP contribution >= 0.6 is 27.7 Å². The minimum atomic E-state index is -0.822. The van der Waals surface area contributed by atoms with Crippen LogP contribution in [0.2, 0.25) is 0 Å². The number of piperidine rings is 1. The Kier molecular flexibility index (Phi) is 5.91. The Balaban J connectivity index is 1.42. The zero-order valence-electron chi connectivity index (χ0n) is 15.6. The summed E-state index contributed by atoms with van der Waals surface area (Å²) in [6.45, 7) is 0.885. The highest BCUT2D eigenvalue weighted by atomic mass is 79.9. The molecule has 0 aliphatic carbocycles. The van der Waals surface area contributed by atoms with Gasteiger partial charge in [-0.05, 0) is 43.2 Å². The molecule has 2 aliphatic heterocycles. The number of halogens is 1. The SMILES string of the molecule is O=C(Nc1cccc(Br)c1)[C@@H]1CCCN(C(=O)[C@H]2Sc3ccccc3NC2=O)C1. The van der Waals surface area contributed by atoms with Crippen molar-refractivity contribution in [3.8, 4) is 0 Å². The topological polar surface area (TPSA) is 78.5 Å². The molecule has 0 saturated carbocycles. The number of benzene rings is 2. The Morgan fingerprint density at radius 2 is 2.00 bits per heavy atom. The van der Waals surface area contributed by atoms with Crippen LogP contribution in [-0.4, -0.2) is 41.0 Å². The fraction of sp³-hybridized carbons (Fsp3) is 0.286. The predicted octanol–water partition coefficient (Wildman–Crippen LogP) is 3.74. The highest BCUT2D eigenvalue weighted by Gasteiger charge is 2.38. The first-order valence-electron chi connectivity index (χ1n) is 9.43. The van der Waals surface area contributed by atoms with Crippen molar-refractivity contribution in [2.75, 3.05) is 23.7 Å². The standard InChI is InChI=1S/C21H20BrN3O3S/c22-14-6-3-7-15(11-14)23-19(26)13-5-4-10-25(12-13)21(28)18-20(27)24-16-8-1-2-9-17(16)29-18/h1-3,6-9,11,13,18H,4-5,10,12H2,(H,23,26)(H,24,27)/t13-,18+/m1/s1. The van der Waals surface area contributed by atoms with Crippen molar-refractivity contribution in [1.29, 1.82) is 0 Å². The number of fused-ring (bicyclic) bond motifs is 1. The van der Waals surface area contributed by atoms with Crippen molar-refractivity contribution in [2.45, 2.75) is 23.0 Å². The smallest absolute Gasteiger partial charge is 0.247 e. The van der Waals surface area contributed by atoms with Crippen LogP contribution in [-0.2, 0) is 14.4 Å². The summed E-state index contributed by atoms with van der Waals surface area (Å²) in [4.78, 5) is 40.8. The first-order chi connectivity index (χ1) is 14.0. The van der Waals surface area contributed by atoms with Gasteiger partial charge in [0.15, 0.2) is 5.25 Å². The van der Waals surface area contributed by atoms with Crippen molar-refractivity contribution in [3.63, 3.8) is 0 Å². The third kappa shape index (κ3) is 4.48. The maximum atomic E-state index is 13.1. The number of amides is 3. The van der Waals surface area contributed by atoms with Gasteiger partial charge < -0.3 is 15.5 Å². The Morgan fingerprint density at radius 1 is 1.17 bits per heavy atom. The molecule has 1 saturated heterocycles. The van der Waals surface area contributed by atoms with E-state index in [4.69, 9.17) is 0 Å². The summed E-state index contributed by atoms with van der Waals surface area (Å²) in [7, 11) is 0. The highest BCUT2D eigenvalue weighted by Crippen LogP contribution is 2.36. The molecule has 2 aromatic rings. The first-order valence-corrected chi connectivity index (χ1v) is 11.1. The largest absolute Gasteiger partial charge is 0.340 e. The van der Waals surface area contributed by atoms with E-state index >= 15 is 0 Å². The minimum Gasteiger partial charge on any atom is -0.340 e. The monoisotopic (exact) mass is 473 g/mol. The Bertz CT molecular complexity index is 968. The predicted molar refractivity (Wildman–Crippen MR) is 117 cm³/mol. The molecule has 0 radical (unpaired) electrons. The van der Waals surface area contributed by atoms with Crippen LogP contribution in [0.4, 0.5) is 11.4 Å². The van der Waals surface area contributed by atoms with Crippen LogP contribution in [0.1, 0.15) is 12.8 Å². The van der Waals surface area contributed by atoms with Gasteiger partial charge in [-0.1, -0.05) is 34.1 Å². The van der Waals surface area contributed by atoms with Gasteiger partial charge in [-0.25, -0.2) is 0 Å². The van der Waals surface area contributed by atoms with Gasteiger partial charge in [-0.2, -0.15) is 0 Å². The third-order valence-electron chi connectivity index (χ3n) is 5.05. The molecule has 0 bridgehead atoms. The number of anilines is 2. The van der Waals surface area contributed by atoms with Crippen molar-refractivity contribution < 1.29 is 14.4 Å². The number of thioether (sulfide) groups is 1. The first kappa shape index (κ1) is 20.0. The summed E-state index contributed by atoms with van der Waals surface area (Å²) in [6, 6.07) is 14.9. The van der Waals surface area contributed by atoms with E-state index in [9.17, 15) is 14.4 Å². The van der Waals surface area contributed by atoms with Gasteiger partial charge in [-0.3, -0.25) is 14.4 Å². The molecule has 0 aromatic heterocycles. The number of carbonyl (C=O) groups excluding carboxylic acids is 3. The van der Waals surface area contributed by atoms with Gasteiger partial charge in [0.1, 0.15) is 0 Å². The van der Waals surface area contributed by atoms with E-state index in [1.54, 1.807) is 4.90 Å². The van der Waals surface area contributed by atoms with E-state index in [2.05, 4.69) is 26.6 Å². The number of likely N-dealkylation sites (tertiary alicyclic amines) is 1. The van der Waals surface area contributed by atoms with E-state index in [0.717, 1.165) is 27.9 Å². The second-order valence-electron chi connectivity index (χ2n) is 7.11. The summed E-state index contributed by atoms with van der Waals surface area (Å²) in [5.41, 5.74) is 1.45. The van der Waals surface area contributed by atoms with E-state index < -0.39 is 5.25 Å². The van der Waals surface area contributed by atoms with Crippen LogP contribution in [0.25, 0.3) is 0 Å². The second-order valence-corrected chi connectivity index (χ2v) is 9.17. The fourth-order valence-electron chi connectivity index (χ4n) is 3.58. The Hall–Kier alpha value is -2.32. The van der Waals surface area contributed by atoms with Crippen molar-refractivity contribution in [3.05, 3.63) is 53.0 Å². The van der Waals surface area contributed by atoms with E-state index in [0.29, 0.717) is 18.8 Å². The molecule has 29 heavy (non-hydrogen) atoms. The number of para-hydroxylation sites is 1. The lowest BCUT2D eigenvalue weighted by atomic mass is 9.96. The summed E-state index contributed by atoms with van der Waals surface area (Å²) >= 11 is 4.67. The zero-order valence-corrected chi connectivity index (χ0v) is 18.0. The van der Waals surface area contributed by atoms with Gasteiger partial charge in [0.05, 0.1) is 11.6 Å². The highest BCUT2D eigenvalue weighted by molar-refractivity contribution is 9.10. The Morgan fingerprint density at radius 3 is 2.83 bits per heavy atom. The number of carbonyl (C=O) groups is 3. The van der Waals surface area contributed by atoms with Crippen molar-refractivity contribution >= 4 is 56.8 Å². The molecule has 3 amide bonds. The zero-order chi connectivity index (χ0) is 20.4. The van der Waals surface area contributed by atoms with E-state index in [1.165, 1.54) is 11.8 Å². The molecule has 2 heterocycles. The van der Waals surface area contributed by atoms with Crippen LogP contribution in [0.3, 0.4) is 0 Å². The fourth-order valence-corrected chi connectivity index (χ4v) is 5.05. The third-order valence-corrected chi connectivity index (χ3v) is 6.80. The molecule has 2 aromatic carbocycles. The number of hydrogen-bond donors (Lipinski definition) is 2. The number of rotatable bonds is 3. The molecule has 0 spiro atoms. The molecule has 2 atom stereocenters. The lowest BCUT2D eigenvalue weighted by Crippen LogP contribution is -2.50. The van der Waals surface area contributed by atoms with Gasteiger partial charge in [-0.15, -0.1) is 11.8 Å². The second kappa shape index (κ2) is 8.59. The normalized spacial score (nSPS) is 21.1. The van der Waals surface area contributed by atoms with Gasteiger partial charge in [0, 0.05) is 28.1 Å². The summed E-state index contributed by atoms with van der Waals surface area (Å²) in [5, 5.41) is 4.91. The molecule has 6 nitrogen and oxygen atoms in total. The number of hydrogen-bond acceptors (Lipinski definition) is 4. The maximum absolute atomic E-state index is 13.1. The molecular weight excluding hydrogens is 454 g/mol. The summed E-state index contributed by atoms with van der Waals surface area (Å²) in [5.74, 6) is -0.941. The molecule has 4 rings (SSSR count). The summed E-state index contributed by atoms with van der Waals surface area (Å²) < 4.78 is 0.886. The van der Waals surface area contributed by atoms with Crippen molar-refractivity contribution in [1.82, 2.24) is 4.90 Å². The van der Waals surface area contributed by atoms with Gasteiger partial charge in [0.25, 0.3) is 0 Å². The molecule has 2 N–H and O–H groups in total. The minimum absolute atomic E-state index is 0.105. The van der Waals surface area contributed by atoms with Gasteiger partial charge >= 0.3 is 0 Å². The molecule has 2 aliphatic rings. The number of nitrogens with one attached hydrogen (secondary N) is 2. The average Bonchev–Trinajstić information content (AvgIpc) is 2.73. The lowest BCUT2D eigenvalue weighted by Gasteiger charge is -2.35. The molecule has 1 fully saturated rings. The quantitative estimate of drug-likeness (QED) is 0.665. The average molecular weight is 474 g/mol. The Labute approximate surface area is 181 Å². The molecule has 0 unspecified atom stereocenters. The van der Waals surface area contributed by atoms with Gasteiger partial charge in [0.2, 0.25) is 17.7 Å². The molecule has 8 heteroatoms. The molecular formula is C21H20BrN3O3S. The van der Waals surface area contributed by atoms with E-state index in [1.807, 2.05) is 48.5 Å². The van der Waals surface area contributed by atoms with Crippen LogP contribution in [0, 0.1) is 5.92 Å². The van der Waals surface area contributed by atoms with Crippen LogP contribution < -0.4 is 10.6 Å². The van der Waals surface area contributed by atoms with Crippen LogP contribution in [0.15, 0.2) is 57.9 Å². The maximum Gasteiger partial charge on any atom is 0.247 e. The van der Waals surface area contributed by atoms with Crippen molar-refractivity contribution in [2.24, 2.45) is 5.92 Å².